The van der Waals surface area contributed by atoms with Crippen molar-refractivity contribution in [2.75, 3.05) is 20.2 Å². The second-order valence-electron chi connectivity index (χ2n) is 13.8. The normalized spacial score (nSPS) is 11.4. The fourth-order valence-electron chi connectivity index (χ4n) is 6.35. The number of unbranched alkanes of at least 4 members (excludes halogenated alkanes) is 18. The van der Waals surface area contributed by atoms with Crippen LogP contribution in [0.25, 0.3) is 0 Å². The molecule has 272 valence electrons. The molecule has 0 fully saturated rings. The molecule has 0 amide bonds. The molecule has 0 saturated carbocycles. The average Bonchev–Trinajstić information content (AvgIpc) is 3.06. The van der Waals surface area contributed by atoms with Crippen molar-refractivity contribution in [3.63, 3.8) is 0 Å². The van der Waals surface area contributed by atoms with Gasteiger partial charge in [0, 0.05) is 19.4 Å². The van der Waals surface area contributed by atoms with Gasteiger partial charge in [-0.2, -0.15) is 0 Å². The largest absolute Gasteiger partial charge is 0.497 e. The van der Waals surface area contributed by atoms with Crippen LogP contribution < -0.4 is 4.74 Å². The number of aliphatic carboxylic acids is 1. The SMILES string of the molecule is CCCCCCCCC(CCCCCCCC)OC(=O)CCCCCCCN(CCCCCCCC(=O)O)Cc1ccc(OC)cc1. The van der Waals surface area contributed by atoms with Crippen LogP contribution in [-0.2, 0) is 20.9 Å². The number of carbonyl (C=O) groups is 2. The number of methoxy groups -OCH3 is 1. The second kappa shape index (κ2) is 31.2. The summed E-state index contributed by atoms with van der Waals surface area (Å²) in [7, 11) is 1.70. The number of hydrogen-bond donors (Lipinski definition) is 1. The first-order valence-electron chi connectivity index (χ1n) is 19.7. The van der Waals surface area contributed by atoms with E-state index >= 15 is 0 Å². The van der Waals surface area contributed by atoms with Crippen molar-refractivity contribution in [1.82, 2.24) is 4.90 Å². The molecule has 1 aromatic carbocycles. The smallest absolute Gasteiger partial charge is 0.306 e. The Morgan fingerprint density at radius 2 is 1.06 bits per heavy atom. The Labute approximate surface area is 289 Å². The number of esters is 1. The van der Waals surface area contributed by atoms with Crippen molar-refractivity contribution in [1.29, 1.82) is 0 Å². The number of ether oxygens (including phenoxy) is 2. The van der Waals surface area contributed by atoms with Crippen molar-refractivity contribution in [2.45, 2.75) is 193 Å². The monoisotopic (exact) mass is 660 g/mol. The third-order valence-corrected chi connectivity index (χ3v) is 9.34. The van der Waals surface area contributed by atoms with Crippen LogP contribution in [0.4, 0.5) is 0 Å². The van der Waals surface area contributed by atoms with E-state index in [-0.39, 0.29) is 18.5 Å². The highest BCUT2D eigenvalue weighted by Crippen LogP contribution is 2.19. The molecule has 6 nitrogen and oxygen atoms in total. The van der Waals surface area contributed by atoms with Crippen LogP contribution in [0.2, 0.25) is 0 Å². The molecule has 0 spiro atoms. The zero-order valence-electron chi connectivity index (χ0n) is 30.9. The summed E-state index contributed by atoms with van der Waals surface area (Å²) in [6, 6.07) is 8.38. The van der Waals surface area contributed by atoms with E-state index in [2.05, 4.69) is 30.9 Å². The molecular weight excluding hydrogens is 586 g/mol. The number of hydrogen-bond acceptors (Lipinski definition) is 5. The van der Waals surface area contributed by atoms with Crippen molar-refractivity contribution in [2.24, 2.45) is 0 Å². The fourth-order valence-corrected chi connectivity index (χ4v) is 6.35. The molecule has 0 radical (unpaired) electrons. The standard InChI is InChI=1S/C41H73NO5/c1-4-6-8-10-14-20-26-39(27-21-15-11-9-7-5-2)47-41(45)29-23-17-13-19-25-35-42(34-24-18-12-16-22-28-40(43)44)36-37-30-32-38(46-3)33-31-37/h30-33,39H,4-29,34-36H2,1-3H3,(H,43,44). The lowest BCUT2D eigenvalue weighted by Gasteiger charge is -2.22. The fraction of sp³-hybridized carbons (Fsp3) is 0.805. The van der Waals surface area contributed by atoms with E-state index in [0.717, 1.165) is 96.0 Å². The first-order valence-corrected chi connectivity index (χ1v) is 19.7. The van der Waals surface area contributed by atoms with E-state index in [1.54, 1.807) is 7.11 Å². The van der Waals surface area contributed by atoms with Crippen molar-refractivity contribution >= 4 is 11.9 Å². The van der Waals surface area contributed by atoms with Gasteiger partial charge >= 0.3 is 11.9 Å². The third-order valence-electron chi connectivity index (χ3n) is 9.34. The Morgan fingerprint density at radius 3 is 1.55 bits per heavy atom. The van der Waals surface area contributed by atoms with Gasteiger partial charge in [0.25, 0.3) is 0 Å². The first-order chi connectivity index (χ1) is 23.0. The summed E-state index contributed by atoms with van der Waals surface area (Å²) in [5, 5.41) is 8.84. The number of rotatable bonds is 34. The van der Waals surface area contributed by atoms with E-state index in [0.29, 0.717) is 6.42 Å². The topological polar surface area (TPSA) is 76.1 Å². The van der Waals surface area contributed by atoms with Gasteiger partial charge in [-0.3, -0.25) is 14.5 Å². The minimum Gasteiger partial charge on any atom is -0.497 e. The van der Waals surface area contributed by atoms with Gasteiger partial charge in [-0.1, -0.05) is 129 Å². The maximum absolute atomic E-state index is 12.7. The molecule has 47 heavy (non-hydrogen) atoms. The van der Waals surface area contributed by atoms with Gasteiger partial charge < -0.3 is 14.6 Å². The minimum atomic E-state index is -0.693. The Kier molecular flexibility index (Phi) is 28.5. The Balaban J connectivity index is 2.35. The summed E-state index contributed by atoms with van der Waals surface area (Å²) in [5.74, 6) is 0.208. The maximum Gasteiger partial charge on any atom is 0.306 e. The highest BCUT2D eigenvalue weighted by molar-refractivity contribution is 5.69. The van der Waals surface area contributed by atoms with Gasteiger partial charge in [0.2, 0.25) is 0 Å². The summed E-state index contributed by atoms with van der Waals surface area (Å²) in [6.07, 6.45) is 29.1. The van der Waals surface area contributed by atoms with Gasteiger partial charge in [-0.25, -0.2) is 0 Å². The Hall–Kier alpha value is -2.08. The van der Waals surface area contributed by atoms with Crippen LogP contribution in [0.15, 0.2) is 24.3 Å². The van der Waals surface area contributed by atoms with Crippen molar-refractivity contribution in [3.8, 4) is 5.75 Å². The van der Waals surface area contributed by atoms with E-state index in [1.807, 2.05) is 12.1 Å². The Morgan fingerprint density at radius 1 is 0.617 bits per heavy atom. The summed E-state index contributed by atoms with van der Waals surface area (Å²) in [5.41, 5.74) is 1.30. The van der Waals surface area contributed by atoms with Crippen LogP contribution in [0.1, 0.15) is 186 Å². The van der Waals surface area contributed by atoms with Crippen molar-refractivity contribution in [3.05, 3.63) is 29.8 Å². The summed E-state index contributed by atoms with van der Waals surface area (Å²) < 4.78 is 11.4. The second-order valence-corrected chi connectivity index (χ2v) is 13.8. The number of nitrogens with zero attached hydrogens (tertiary/aromatic N) is 1. The summed E-state index contributed by atoms with van der Waals surface area (Å²) >= 11 is 0. The van der Waals surface area contributed by atoms with Crippen LogP contribution in [0.5, 0.6) is 5.75 Å². The highest BCUT2D eigenvalue weighted by atomic mass is 16.5. The van der Waals surface area contributed by atoms with Gasteiger partial charge in [-0.15, -0.1) is 0 Å². The molecule has 0 bridgehead atoms. The first kappa shape index (κ1) is 42.9. The number of carbonyl (C=O) groups excluding carboxylic acids is 1. The van der Waals surface area contributed by atoms with Crippen LogP contribution in [0.3, 0.4) is 0 Å². The number of carboxylic acid groups (broad SMARTS) is 1. The molecule has 0 atom stereocenters. The zero-order valence-corrected chi connectivity index (χ0v) is 30.9. The molecule has 0 heterocycles. The molecule has 1 rings (SSSR count). The molecule has 0 aromatic heterocycles. The lowest BCUT2D eigenvalue weighted by Crippen LogP contribution is -2.25. The summed E-state index contributed by atoms with van der Waals surface area (Å²) in [4.78, 5) is 26.0. The average molecular weight is 660 g/mol. The van der Waals surface area contributed by atoms with E-state index < -0.39 is 5.97 Å². The lowest BCUT2D eigenvalue weighted by atomic mass is 10.0. The quantitative estimate of drug-likeness (QED) is 0.0586. The lowest BCUT2D eigenvalue weighted by molar-refractivity contribution is -0.150. The molecule has 1 N–H and O–H groups in total. The van der Waals surface area contributed by atoms with Crippen molar-refractivity contribution < 1.29 is 24.2 Å². The highest BCUT2D eigenvalue weighted by Gasteiger charge is 2.14. The van der Waals surface area contributed by atoms with Crippen LogP contribution in [-0.4, -0.2) is 48.2 Å². The molecule has 0 saturated heterocycles. The van der Waals surface area contributed by atoms with Crippen LogP contribution >= 0.6 is 0 Å². The van der Waals surface area contributed by atoms with Gasteiger partial charge in [-0.05, 0) is 82.2 Å². The summed E-state index contributed by atoms with van der Waals surface area (Å²) in [6.45, 7) is 7.60. The predicted molar refractivity (Wildman–Crippen MR) is 197 cm³/mol. The third kappa shape index (κ3) is 26.5. The molecule has 0 unspecified atom stereocenters. The number of benzene rings is 1. The minimum absolute atomic E-state index is 0.0144. The van der Waals surface area contributed by atoms with Crippen LogP contribution in [0, 0.1) is 0 Å². The predicted octanol–water partition coefficient (Wildman–Crippen LogP) is 11.7. The molecule has 6 heteroatoms. The van der Waals surface area contributed by atoms with E-state index in [4.69, 9.17) is 14.6 Å². The molecule has 0 aliphatic rings. The molecule has 0 aliphatic carbocycles. The van der Waals surface area contributed by atoms with Gasteiger partial charge in [0.15, 0.2) is 0 Å². The number of carboxylic acids is 1. The van der Waals surface area contributed by atoms with Gasteiger partial charge in [0.1, 0.15) is 11.9 Å². The zero-order chi connectivity index (χ0) is 34.2. The maximum atomic E-state index is 12.7. The van der Waals surface area contributed by atoms with E-state index in [9.17, 15) is 9.59 Å². The molecule has 0 aliphatic heterocycles. The van der Waals surface area contributed by atoms with E-state index in [1.165, 1.54) is 89.0 Å². The molecular formula is C41H73NO5. The van der Waals surface area contributed by atoms with Gasteiger partial charge in [0.05, 0.1) is 7.11 Å². The molecule has 1 aromatic rings. The Bertz CT molecular complexity index is 842.